The van der Waals surface area contributed by atoms with Gasteiger partial charge in [0.15, 0.2) is 0 Å². The molecule has 0 aliphatic rings. The fraction of sp³-hybridized carbons (Fsp3) is 0. The van der Waals surface area contributed by atoms with Crippen LogP contribution in [-0.4, -0.2) is 13.7 Å². The highest BCUT2D eigenvalue weighted by molar-refractivity contribution is 6.14. The van der Waals surface area contributed by atoms with Gasteiger partial charge in [0.05, 0.1) is 52.3 Å². The predicted molar refractivity (Wildman–Crippen MR) is 240 cm³/mol. The van der Waals surface area contributed by atoms with E-state index < -0.39 is 95.7 Å². The van der Waals surface area contributed by atoms with Crippen molar-refractivity contribution in [1.29, 1.82) is 0 Å². The SMILES string of the molecule is [2H]c1c([2H])c([2H])c2c(c1[2H])c1c([2H])c(-c3c([2H])c([2H])c4c(c3[2H])c3c([2H])c([2H])c([2H])c([2H])c3n4-c3ccc4c(c3)c3ccccc3n4-c3ccccc3)c([2H])c([2H])c1n2-c1cccc(-c2ccccc2)c1. The van der Waals surface area contributed by atoms with E-state index in [-0.39, 0.29) is 43.6 Å². The van der Waals surface area contributed by atoms with Crippen molar-refractivity contribution in [2.24, 2.45) is 0 Å². The first kappa shape index (κ1) is 20.9. The Bertz CT molecular complexity index is 4330. The first-order valence-electron chi connectivity index (χ1n) is 25.5. The van der Waals surface area contributed by atoms with Crippen molar-refractivity contribution >= 4 is 65.4 Å². The number of fused-ring (bicyclic) bond motifs is 9. The van der Waals surface area contributed by atoms with Crippen LogP contribution in [0.1, 0.15) is 19.2 Å². The van der Waals surface area contributed by atoms with E-state index in [0.717, 1.165) is 38.6 Å². The zero-order valence-electron chi connectivity index (χ0n) is 44.0. The zero-order valence-corrected chi connectivity index (χ0v) is 30.0. The van der Waals surface area contributed by atoms with Crippen molar-refractivity contribution in [2.45, 2.75) is 0 Å². The van der Waals surface area contributed by atoms with Crippen molar-refractivity contribution < 1.29 is 19.2 Å². The number of rotatable bonds is 5. The molecular formula is C54H35N3. The van der Waals surface area contributed by atoms with E-state index >= 15 is 0 Å². The van der Waals surface area contributed by atoms with Gasteiger partial charge in [0.2, 0.25) is 0 Å². The molecule has 3 aromatic heterocycles. The third-order valence-electron chi connectivity index (χ3n) is 10.7. The molecule has 0 fully saturated rings. The summed E-state index contributed by atoms with van der Waals surface area (Å²) < 4.78 is 136. The zero-order chi connectivity index (χ0) is 49.6. The number of aromatic nitrogens is 3. The van der Waals surface area contributed by atoms with Gasteiger partial charge in [-0.15, -0.1) is 0 Å². The number of para-hydroxylation sites is 4. The molecule has 3 heteroatoms. The summed E-state index contributed by atoms with van der Waals surface area (Å²) >= 11 is 0. The van der Waals surface area contributed by atoms with E-state index in [4.69, 9.17) is 5.48 Å². The van der Waals surface area contributed by atoms with Crippen LogP contribution in [0.3, 0.4) is 0 Å². The molecule has 9 aromatic carbocycles. The number of nitrogens with zero attached hydrogens (tertiary/aromatic N) is 3. The van der Waals surface area contributed by atoms with E-state index in [1.807, 2.05) is 103 Å². The molecule has 0 N–H and O–H groups in total. The lowest BCUT2D eigenvalue weighted by molar-refractivity contribution is 1.17. The predicted octanol–water partition coefficient (Wildman–Crippen LogP) is 14.3. The second kappa shape index (κ2) is 12.5. The molecule has 0 aliphatic carbocycles. The molecule has 0 saturated carbocycles. The molecule has 0 bridgehead atoms. The second-order valence-corrected chi connectivity index (χ2v) is 13.9. The molecule has 0 atom stereocenters. The molecule has 0 radical (unpaired) electrons. The van der Waals surface area contributed by atoms with Gasteiger partial charge in [0, 0.05) is 49.4 Å². The van der Waals surface area contributed by atoms with Crippen LogP contribution in [0.25, 0.3) is 105 Å². The van der Waals surface area contributed by atoms with Gasteiger partial charge in [-0.25, -0.2) is 0 Å². The highest BCUT2D eigenvalue weighted by atomic mass is 15.0. The molecule has 266 valence electrons. The molecular weight excluding hydrogens is 691 g/mol. The molecule has 12 rings (SSSR count). The third kappa shape index (κ3) is 4.86. The summed E-state index contributed by atoms with van der Waals surface area (Å²) in [5.74, 6) is 0. The van der Waals surface area contributed by atoms with Crippen LogP contribution in [0.15, 0.2) is 212 Å². The van der Waals surface area contributed by atoms with Gasteiger partial charge in [-0.2, -0.15) is 0 Å². The van der Waals surface area contributed by atoms with Gasteiger partial charge < -0.3 is 13.7 Å². The summed E-state index contributed by atoms with van der Waals surface area (Å²) in [6.07, 6.45) is 0. The molecule has 3 nitrogen and oxygen atoms in total. The molecule has 3 heterocycles. The van der Waals surface area contributed by atoms with Crippen molar-refractivity contribution in [3.05, 3.63) is 212 Å². The van der Waals surface area contributed by atoms with E-state index in [0.29, 0.717) is 11.4 Å². The van der Waals surface area contributed by atoms with E-state index in [2.05, 4.69) is 4.57 Å². The maximum absolute atomic E-state index is 9.99. The average molecular weight is 740 g/mol. The largest absolute Gasteiger partial charge is 0.309 e. The van der Waals surface area contributed by atoms with Crippen LogP contribution in [0, 0.1) is 0 Å². The van der Waals surface area contributed by atoms with Gasteiger partial charge in [0.1, 0.15) is 0 Å². The van der Waals surface area contributed by atoms with Gasteiger partial charge in [-0.1, -0.05) is 127 Å². The quantitative estimate of drug-likeness (QED) is 0.167. The molecule has 0 aliphatic heterocycles. The number of benzene rings is 9. The Labute approximate surface area is 349 Å². The maximum Gasteiger partial charge on any atom is 0.0645 e. The number of hydrogen-bond acceptors (Lipinski definition) is 0. The smallest absolute Gasteiger partial charge is 0.0645 e. The normalized spacial score (nSPS) is 15.3. The highest BCUT2D eigenvalue weighted by Crippen LogP contribution is 2.40. The van der Waals surface area contributed by atoms with Crippen molar-refractivity contribution in [3.63, 3.8) is 0 Å². The first-order valence-corrected chi connectivity index (χ1v) is 18.5. The standard InChI is InChI=1S/C54H35N3/c1-3-14-36(15-4-1)37-16-13-19-41(32-37)56-50-24-11-7-20-43(50)46-33-38(26-29-52(46)56)39-27-30-53-47(34-39)44-21-8-12-25-51(44)57(53)42-28-31-54-48(35-42)45-22-9-10-23-49(45)55(54)40-17-5-2-6-18-40/h1-35H/i7D,8D,11D,12D,20D,21D,24D,25D,26D,27D,29D,30D,33D,34D. The summed E-state index contributed by atoms with van der Waals surface area (Å²) in [7, 11) is 0. The minimum absolute atomic E-state index is 0.0495. The summed E-state index contributed by atoms with van der Waals surface area (Å²) in [6.45, 7) is 0. The molecule has 12 aromatic rings. The summed E-state index contributed by atoms with van der Waals surface area (Å²) in [6, 6.07) is 32.2. The van der Waals surface area contributed by atoms with E-state index in [1.54, 1.807) is 24.3 Å². The Kier molecular flexibility index (Phi) is 4.57. The van der Waals surface area contributed by atoms with E-state index in [1.165, 1.54) is 9.13 Å². The monoisotopic (exact) mass is 739 g/mol. The Morgan fingerprint density at radius 1 is 0.281 bits per heavy atom. The Morgan fingerprint density at radius 2 is 0.789 bits per heavy atom. The summed E-state index contributed by atoms with van der Waals surface area (Å²) in [5, 5.41) is 1.17. The Morgan fingerprint density at radius 3 is 1.47 bits per heavy atom. The van der Waals surface area contributed by atoms with Crippen LogP contribution in [-0.2, 0) is 0 Å². The van der Waals surface area contributed by atoms with Gasteiger partial charge in [0.25, 0.3) is 0 Å². The van der Waals surface area contributed by atoms with Gasteiger partial charge in [-0.3, -0.25) is 0 Å². The lowest BCUT2D eigenvalue weighted by Crippen LogP contribution is -1.95. The third-order valence-corrected chi connectivity index (χ3v) is 10.7. The fourth-order valence-corrected chi connectivity index (χ4v) is 8.21. The van der Waals surface area contributed by atoms with Crippen molar-refractivity contribution in [3.8, 4) is 39.3 Å². The topological polar surface area (TPSA) is 14.8 Å². The summed E-state index contributed by atoms with van der Waals surface area (Å²) in [5.41, 5.74) is 3.93. The van der Waals surface area contributed by atoms with Crippen LogP contribution < -0.4 is 0 Å². The Hall–Kier alpha value is -7.62. The van der Waals surface area contributed by atoms with Crippen LogP contribution >= 0.6 is 0 Å². The van der Waals surface area contributed by atoms with Gasteiger partial charge >= 0.3 is 0 Å². The van der Waals surface area contributed by atoms with Crippen molar-refractivity contribution in [2.75, 3.05) is 0 Å². The Balaban J connectivity index is 1.19. The molecule has 0 spiro atoms. The van der Waals surface area contributed by atoms with Crippen LogP contribution in [0.2, 0.25) is 0 Å². The molecule has 57 heavy (non-hydrogen) atoms. The number of hydrogen-bond donors (Lipinski definition) is 0. The summed E-state index contributed by atoms with van der Waals surface area (Å²) in [4.78, 5) is 0. The lowest BCUT2D eigenvalue weighted by Gasteiger charge is -2.11. The van der Waals surface area contributed by atoms with Crippen LogP contribution in [0.5, 0.6) is 0 Å². The van der Waals surface area contributed by atoms with Gasteiger partial charge in [-0.05, 0) is 107 Å². The molecule has 0 unspecified atom stereocenters. The molecule has 0 saturated heterocycles. The maximum atomic E-state index is 9.99. The van der Waals surface area contributed by atoms with Crippen molar-refractivity contribution in [1.82, 2.24) is 13.7 Å². The second-order valence-electron chi connectivity index (χ2n) is 13.9. The lowest BCUT2D eigenvalue weighted by atomic mass is 10.0. The van der Waals surface area contributed by atoms with E-state index in [9.17, 15) is 13.7 Å². The fourth-order valence-electron chi connectivity index (χ4n) is 8.21. The average Bonchev–Trinajstić information content (AvgIpc) is 4.06. The molecule has 0 amide bonds. The van der Waals surface area contributed by atoms with Crippen LogP contribution in [0.4, 0.5) is 0 Å². The minimum atomic E-state index is -0.620. The highest BCUT2D eigenvalue weighted by Gasteiger charge is 2.18. The minimum Gasteiger partial charge on any atom is -0.309 e. The first-order chi connectivity index (χ1) is 34.1.